The van der Waals surface area contributed by atoms with Crippen LogP contribution in [0.2, 0.25) is 0 Å². The topological polar surface area (TPSA) is 61.9 Å². The zero-order chi connectivity index (χ0) is 24.3. The molecule has 6 nitrogen and oxygen atoms in total. The Hall–Kier alpha value is -1.14. The molecule has 192 valence electrons. The van der Waals surface area contributed by atoms with Crippen molar-refractivity contribution < 1.29 is 14.3 Å². The van der Waals surface area contributed by atoms with E-state index in [4.69, 9.17) is 4.74 Å². The lowest BCUT2D eigenvalue weighted by Crippen LogP contribution is -2.49. The number of hydrogen-bond donors (Lipinski definition) is 1. The highest BCUT2D eigenvalue weighted by atomic mass is 16.5. The SMILES string of the molecule is CC.CC.COCC(=O)N1CCN(CCCCNC(=O)CC23CC4CC(CC(C4)C2)C3)CC1. The van der Waals surface area contributed by atoms with Crippen molar-refractivity contribution in [2.75, 3.05) is 53.0 Å². The number of methoxy groups -OCH3 is 1. The van der Waals surface area contributed by atoms with Crippen LogP contribution in [0, 0.1) is 23.2 Å². The molecule has 0 spiro atoms. The van der Waals surface area contributed by atoms with Gasteiger partial charge in [0.1, 0.15) is 6.61 Å². The highest BCUT2D eigenvalue weighted by molar-refractivity contribution is 5.77. The first kappa shape index (κ1) is 28.1. The molecular weight excluding hydrogens is 414 g/mol. The minimum absolute atomic E-state index is 0.0916. The van der Waals surface area contributed by atoms with E-state index in [1.165, 1.54) is 38.5 Å². The normalized spacial score (nSPS) is 30.1. The van der Waals surface area contributed by atoms with Gasteiger partial charge in [-0.2, -0.15) is 0 Å². The van der Waals surface area contributed by atoms with Gasteiger partial charge in [-0.05, 0) is 81.1 Å². The molecule has 1 aliphatic heterocycles. The molecule has 0 radical (unpaired) electrons. The second-order valence-corrected chi connectivity index (χ2v) is 10.3. The van der Waals surface area contributed by atoms with Crippen molar-refractivity contribution in [3.8, 4) is 0 Å². The van der Waals surface area contributed by atoms with Crippen molar-refractivity contribution in [3.63, 3.8) is 0 Å². The zero-order valence-electron chi connectivity index (χ0n) is 22.2. The van der Waals surface area contributed by atoms with Crippen LogP contribution in [0.4, 0.5) is 0 Å². The van der Waals surface area contributed by atoms with Gasteiger partial charge < -0.3 is 15.0 Å². The molecule has 0 aromatic heterocycles. The summed E-state index contributed by atoms with van der Waals surface area (Å²) in [7, 11) is 1.57. The van der Waals surface area contributed by atoms with Crippen molar-refractivity contribution in [2.45, 2.75) is 85.5 Å². The van der Waals surface area contributed by atoms with Gasteiger partial charge in [0, 0.05) is 46.3 Å². The Morgan fingerprint density at radius 3 is 1.94 bits per heavy atom. The predicted octanol–water partition coefficient (Wildman–Crippen LogP) is 4.33. The van der Waals surface area contributed by atoms with E-state index in [2.05, 4.69) is 10.2 Å². The Bertz CT molecular complexity index is 552. The van der Waals surface area contributed by atoms with E-state index in [0.29, 0.717) is 5.41 Å². The fraction of sp³-hybridized carbons (Fsp3) is 0.926. The lowest BCUT2D eigenvalue weighted by Gasteiger charge is -2.56. The van der Waals surface area contributed by atoms with Crippen LogP contribution in [0.1, 0.15) is 85.5 Å². The van der Waals surface area contributed by atoms with Crippen LogP contribution in [-0.2, 0) is 14.3 Å². The fourth-order valence-electron chi connectivity index (χ4n) is 7.03. The fourth-order valence-corrected chi connectivity index (χ4v) is 7.03. The third kappa shape index (κ3) is 8.24. The number of ether oxygens (including phenoxy) is 1. The molecule has 5 rings (SSSR count). The molecule has 4 saturated carbocycles. The van der Waals surface area contributed by atoms with Crippen LogP contribution >= 0.6 is 0 Å². The van der Waals surface area contributed by atoms with E-state index < -0.39 is 0 Å². The number of carbonyl (C=O) groups is 2. The predicted molar refractivity (Wildman–Crippen MR) is 135 cm³/mol. The average Bonchev–Trinajstić information content (AvgIpc) is 2.81. The van der Waals surface area contributed by atoms with Gasteiger partial charge in [0.05, 0.1) is 0 Å². The Kier molecular flexibility index (Phi) is 12.2. The molecule has 1 saturated heterocycles. The van der Waals surface area contributed by atoms with Crippen LogP contribution in [-0.4, -0.2) is 74.6 Å². The lowest BCUT2D eigenvalue weighted by atomic mass is 9.49. The molecule has 2 amide bonds. The summed E-state index contributed by atoms with van der Waals surface area (Å²) in [5, 5.41) is 3.21. The molecule has 4 bridgehead atoms. The van der Waals surface area contributed by atoms with Gasteiger partial charge in [0.2, 0.25) is 11.8 Å². The number of piperazine rings is 1. The largest absolute Gasteiger partial charge is 0.375 e. The molecule has 1 heterocycles. The zero-order valence-corrected chi connectivity index (χ0v) is 22.2. The molecule has 0 unspecified atom stereocenters. The van der Waals surface area contributed by atoms with Crippen molar-refractivity contribution in [2.24, 2.45) is 23.2 Å². The second-order valence-electron chi connectivity index (χ2n) is 10.3. The van der Waals surface area contributed by atoms with Crippen molar-refractivity contribution in [1.82, 2.24) is 15.1 Å². The molecular formula is C27H51N3O3. The van der Waals surface area contributed by atoms with E-state index in [9.17, 15) is 9.59 Å². The smallest absolute Gasteiger partial charge is 0.248 e. The summed E-state index contributed by atoms with van der Waals surface area (Å²) in [4.78, 5) is 28.7. The minimum Gasteiger partial charge on any atom is -0.375 e. The number of unbranched alkanes of at least 4 members (excludes halogenated alkanes) is 1. The number of rotatable bonds is 9. The van der Waals surface area contributed by atoms with Gasteiger partial charge in [0.25, 0.3) is 0 Å². The van der Waals surface area contributed by atoms with Crippen LogP contribution in [0.3, 0.4) is 0 Å². The molecule has 1 N–H and O–H groups in total. The lowest BCUT2D eigenvalue weighted by molar-refractivity contribution is -0.136. The highest BCUT2D eigenvalue weighted by Crippen LogP contribution is 2.61. The number of nitrogens with zero attached hydrogens (tertiary/aromatic N) is 2. The van der Waals surface area contributed by atoms with Gasteiger partial charge in [-0.3, -0.25) is 14.5 Å². The number of hydrogen-bond acceptors (Lipinski definition) is 4. The summed E-state index contributed by atoms with van der Waals surface area (Å²) in [6, 6.07) is 0. The van der Waals surface area contributed by atoms with Gasteiger partial charge in [0.15, 0.2) is 0 Å². The van der Waals surface area contributed by atoms with Crippen molar-refractivity contribution in [3.05, 3.63) is 0 Å². The Labute approximate surface area is 203 Å². The Morgan fingerprint density at radius 2 is 1.42 bits per heavy atom. The first-order valence-electron chi connectivity index (χ1n) is 13.8. The van der Waals surface area contributed by atoms with Crippen molar-refractivity contribution >= 4 is 11.8 Å². The first-order chi connectivity index (χ1) is 16.0. The standard InChI is InChI=1S/C23H39N3O3.2C2H6/c1-29-17-22(28)26-8-6-25(7-9-26)5-3-2-4-24-21(27)16-23-13-18-10-19(14-23)12-20(11-18)15-23;2*1-2/h18-20H,2-17H2,1H3,(H,24,27);2*1-2H3. The number of carbonyl (C=O) groups excluding carboxylic acids is 2. The van der Waals surface area contributed by atoms with Crippen LogP contribution in [0.25, 0.3) is 0 Å². The van der Waals surface area contributed by atoms with Crippen LogP contribution < -0.4 is 5.32 Å². The molecule has 4 aliphatic carbocycles. The van der Waals surface area contributed by atoms with Crippen LogP contribution in [0.15, 0.2) is 0 Å². The maximum absolute atomic E-state index is 12.6. The molecule has 0 atom stereocenters. The van der Waals surface area contributed by atoms with E-state index >= 15 is 0 Å². The summed E-state index contributed by atoms with van der Waals surface area (Å²) in [6.45, 7) is 13.5. The summed E-state index contributed by atoms with van der Waals surface area (Å²) in [5.41, 5.74) is 0.346. The van der Waals surface area contributed by atoms with Crippen molar-refractivity contribution in [1.29, 1.82) is 0 Å². The summed E-state index contributed by atoms with van der Waals surface area (Å²) >= 11 is 0. The van der Waals surface area contributed by atoms with E-state index in [-0.39, 0.29) is 18.4 Å². The third-order valence-electron chi connectivity index (χ3n) is 7.92. The van der Waals surface area contributed by atoms with Gasteiger partial charge in [-0.15, -0.1) is 0 Å². The van der Waals surface area contributed by atoms with E-state index in [0.717, 1.165) is 76.3 Å². The number of nitrogens with one attached hydrogen (secondary N) is 1. The number of amides is 2. The monoisotopic (exact) mass is 465 g/mol. The molecule has 0 aromatic carbocycles. The van der Waals surface area contributed by atoms with Crippen LogP contribution in [0.5, 0.6) is 0 Å². The molecule has 33 heavy (non-hydrogen) atoms. The van der Waals surface area contributed by atoms with Gasteiger partial charge >= 0.3 is 0 Å². The van der Waals surface area contributed by atoms with E-state index in [1.54, 1.807) is 7.11 Å². The molecule has 6 heteroatoms. The minimum atomic E-state index is 0.0916. The summed E-state index contributed by atoms with van der Waals surface area (Å²) < 4.78 is 4.93. The maximum atomic E-state index is 12.6. The van der Waals surface area contributed by atoms with Gasteiger partial charge in [-0.25, -0.2) is 0 Å². The quantitative estimate of drug-likeness (QED) is 0.515. The molecule has 5 fully saturated rings. The summed E-state index contributed by atoms with van der Waals surface area (Å²) in [6.07, 6.45) is 11.2. The van der Waals surface area contributed by atoms with E-state index in [1.807, 2.05) is 32.6 Å². The Morgan fingerprint density at radius 1 is 0.879 bits per heavy atom. The Balaban J connectivity index is 0.000000914. The third-order valence-corrected chi connectivity index (χ3v) is 7.92. The average molecular weight is 466 g/mol. The van der Waals surface area contributed by atoms with Gasteiger partial charge in [-0.1, -0.05) is 27.7 Å². The first-order valence-corrected chi connectivity index (χ1v) is 13.8. The second kappa shape index (κ2) is 14.3. The maximum Gasteiger partial charge on any atom is 0.248 e. The molecule has 5 aliphatic rings. The summed E-state index contributed by atoms with van der Waals surface area (Å²) in [5.74, 6) is 3.13. The highest BCUT2D eigenvalue weighted by Gasteiger charge is 2.51. The molecule has 0 aromatic rings.